The summed E-state index contributed by atoms with van der Waals surface area (Å²) >= 11 is 1.64. The van der Waals surface area contributed by atoms with Crippen molar-refractivity contribution in [2.75, 3.05) is 19.3 Å². The minimum absolute atomic E-state index is 0.469. The van der Waals surface area contributed by atoms with Gasteiger partial charge in [-0.2, -0.15) is 0 Å². The molecule has 0 aromatic carbocycles. The minimum Gasteiger partial charge on any atom is -0.370 e. The van der Waals surface area contributed by atoms with Crippen LogP contribution >= 0.6 is 11.8 Å². The molecule has 0 aliphatic heterocycles. The Morgan fingerprint density at radius 3 is 2.77 bits per heavy atom. The van der Waals surface area contributed by atoms with Gasteiger partial charge < -0.3 is 15.6 Å². The third-order valence-corrected chi connectivity index (χ3v) is 3.59. The third kappa shape index (κ3) is 6.51. The number of nitrogens with two attached hydrogens (primary N) is 1. The zero-order valence-electron chi connectivity index (χ0n) is 14.1. The van der Waals surface area contributed by atoms with Crippen molar-refractivity contribution in [3.63, 3.8) is 0 Å². The van der Waals surface area contributed by atoms with Gasteiger partial charge in [-0.1, -0.05) is 37.8 Å². The van der Waals surface area contributed by atoms with Crippen molar-refractivity contribution in [1.82, 2.24) is 20.1 Å². The van der Waals surface area contributed by atoms with Gasteiger partial charge in [0.05, 0.1) is 6.54 Å². The van der Waals surface area contributed by atoms with E-state index < -0.39 is 0 Å². The molecule has 0 saturated heterocycles. The zero-order valence-corrected chi connectivity index (χ0v) is 14.9. The number of hydrogen-bond acceptors (Lipinski definition) is 4. The summed E-state index contributed by atoms with van der Waals surface area (Å²) in [6.45, 7) is 12.4. The van der Waals surface area contributed by atoms with Gasteiger partial charge in [-0.25, -0.2) is 4.99 Å². The van der Waals surface area contributed by atoms with E-state index in [0.717, 1.165) is 42.5 Å². The fraction of sp³-hybridized carbons (Fsp3) is 0.667. The molecule has 22 heavy (non-hydrogen) atoms. The van der Waals surface area contributed by atoms with E-state index in [4.69, 9.17) is 5.73 Å². The number of aromatic nitrogens is 3. The molecule has 124 valence electrons. The second-order valence-corrected chi connectivity index (χ2v) is 6.57. The minimum atomic E-state index is 0.469. The van der Waals surface area contributed by atoms with Crippen molar-refractivity contribution in [2.45, 2.75) is 45.3 Å². The molecule has 0 atom stereocenters. The lowest BCUT2D eigenvalue weighted by molar-refractivity contribution is 0.477. The van der Waals surface area contributed by atoms with Gasteiger partial charge in [0.15, 0.2) is 11.1 Å². The maximum Gasteiger partial charge on any atom is 0.190 e. The molecule has 0 amide bonds. The number of thioether (sulfide) groups is 1. The third-order valence-electron chi connectivity index (χ3n) is 2.93. The summed E-state index contributed by atoms with van der Waals surface area (Å²) < 4.78 is 2.22. The highest BCUT2D eigenvalue weighted by atomic mass is 32.2. The predicted octanol–water partition coefficient (Wildman–Crippen LogP) is 2.07. The maximum atomic E-state index is 5.78. The fourth-order valence-corrected chi connectivity index (χ4v) is 2.47. The molecule has 0 aliphatic carbocycles. The molecule has 0 fully saturated rings. The normalized spacial score (nSPS) is 12.0. The topological polar surface area (TPSA) is 81.1 Å². The summed E-state index contributed by atoms with van der Waals surface area (Å²) in [4.78, 5) is 4.19. The standard InChI is InChI=1S/C15H28N6S/c1-11(2)9-18-14(16)17-8-6-7-13-19-20-15(22-5)21(13)10-12(3)4/h12H,1,6-10H2,2-5H3,(H3,16,17,18). The van der Waals surface area contributed by atoms with E-state index in [1.54, 1.807) is 11.8 Å². The number of nitrogens with zero attached hydrogens (tertiary/aromatic N) is 4. The Balaban J connectivity index is 2.46. The number of guanidine groups is 1. The highest BCUT2D eigenvalue weighted by Crippen LogP contribution is 2.16. The van der Waals surface area contributed by atoms with Gasteiger partial charge >= 0.3 is 0 Å². The molecule has 1 rings (SSSR count). The first-order valence-corrected chi connectivity index (χ1v) is 8.80. The lowest BCUT2D eigenvalue weighted by Crippen LogP contribution is -2.32. The number of aliphatic imine (C=N–C) groups is 1. The van der Waals surface area contributed by atoms with E-state index in [-0.39, 0.29) is 0 Å². The second-order valence-electron chi connectivity index (χ2n) is 5.80. The van der Waals surface area contributed by atoms with Crippen LogP contribution in [0.2, 0.25) is 0 Å². The van der Waals surface area contributed by atoms with Gasteiger partial charge in [-0.05, 0) is 25.5 Å². The van der Waals surface area contributed by atoms with Crippen LogP contribution < -0.4 is 11.1 Å². The van der Waals surface area contributed by atoms with E-state index >= 15 is 0 Å². The van der Waals surface area contributed by atoms with Crippen molar-refractivity contribution in [1.29, 1.82) is 0 Å². The van der Waals surface area contributed by atoms with Gasteiger partial charge in [0.1, 0.15) is 5.82 Å². The smallest absolute Gasteiger partial charge is 0.190 e. The summed E-state index contributed by atoms with van der Waals surface area (Å²) in [7, 11) is 0. The fourth-order valence-electron chi connectivity index (χ4n) is 1.94. The molecule has 1 aromatic heterocycles. The Hall–Kier alpha value is -1.50. The van der Waals surface area contributed by atoms with Crippen molar-refractivity contribution in [3.05, 3.63) is 18.0 Å². The van der Waals surface area contributed by atoms with Crippen molar-refractivity contribution >= 4 is 17.7 Å². The van der Waals surface area contributed by atoms with E-state index in [2.05, 4.69) is 45.5 Å². The van der Waals surface area contributed by atoms with Crippen LogP contribution in [-0.2, 0) is 13.0 Å². The summed E-state index contributed by atoms with van der Waals surface area (Å²) in [5.74, 6) is 2.08. The second kappa shape index (κ2) is 9.50. The molecule has 0 aliphatic rings. The van der Waals surface area contributed by atoms with Crippen LogP contribution in [0.3, 0.4) is 0 Å². The molecule has 0 unspecified atom stereocenters. The molecular formula is C15H28N6S. The Labute approximate surface area is 137 Å². The summed E-state index contributed by atoms with van der Waals surface area (Å²) in [5, 5.41) is 12.7. The average Bonchev–Trinajstić information content (AvgIpc) is 2.82. The maximum absolute atomic E-state index is 5.78. The molecule has 6 nitrogen and oxygen atoms in total. The lowest BCUT2D eigenvalue weighted by Gasteiger charge is -2.11. The van der Waals surface area contributed by atoms with Crippen LogP contribution in [0.4, 0.5) is 0 Å². The van der Waals surface area contributed by atoms with Crippen LogP contribution in [0.1, 0.15) is 33.0 Å². The zero-order chi connectivity index (χ0) is 16.5. The summed E-state index contributed by atoms with van der Waals surface area (Å²) in [6.07, 6.45) is 3.85. The van der Waals surface area contributed by atoms with E-state index in [0.29, 0.717) is 18.4 Å². The van der Waals surface area contributed by atoms with Gasteiger partial charge in [0.2, 0.25) is 0 Å². The Kier molecular flexibility index (Phi) is 8.01. The lowest BCUT2D eigenvalue weighted by atomic mass is 10.2. The Bertz CT molecular complexity index is 506. The molecule has 0 bridgehead atoms. The van der Waals surface area contributed by atoms with Crippen molar-refractivity contribution in [3.8, 4) is 0 Å². The largest absolute Gasteiger partial charge is 0.370 e. The highest BCUT2D eigenvalue weighted by Gasteiger charge is 2.12. The molecular weight excluding hydrogens is 296 g/mol. The van der Waals surface area contributed by atoms with Gasteiger partial charge in [0, 0.05) is 19.5 Å². The molecule has 0 spiro atoms. The molecule has 1 heterocycles. The molecule has 0 saturated carbocycles. The van der Waals surface area contributed by atoms with Crippen LogP contribution in [0.25, 0.3) is 0 Å². The number of aryl methyl sites for hydroxylation is 1. The van der Waals surface area contributed by atoms with Gasteiger partial charge in [-0.15, -0.1) is 10.2 Å². The summed E-state index contributed by atoms with van der Waals surface area (Å²) in [5.41, 5.74) is 6.78. The van der Waals surface area contributed by atoms with Crippen LogP contribution in [0, 0.1) is 5.92 Å². The van der Waals surface area contributed by atoms with Crippen LogP contribution in [-0.4, -0.2) is 40.1 Å². The van der Waals surface area contributed by atoms with Crippen molar-refractivity contribution < 1.29 is 0 Å². The first-order valence-electron chi connectivity index (χ1n) is 7.58. The molecule has 0 radical (unpaired) electrons. The first kappa shape index (κ1) is 18.5. The molecule has 1 aromatic rings. The van der Waals surface area contributed by atoms with E-state index in [9.17, 15) is 0 Å². The number of hydrogen-bond donors (Lipinski definition) is 2. The Morgan fingerprint density at radius 2 is 2.18 bits per heavy atom. The Morgan fingerprint density at radius 1 is 1.45 bits per heavy atom. The van der Waals surface area contributed by atoms with Gasteiger partial charge in [-0.3, -0.25) is 0 Å². The monoisotopic (exact) mass is 324 g/mol. The first-order chi connectivity index (χ1) is 10.4. The quantitative estimate of drug-likeness (QED) is 0.239. The average molecular weight is 324 g/mol. The van der Waals surface area contributed by atoms with Gasteiger partial charge in [0.25, 0.3) is 0 Å². The summed E-state index contributed by atoms with van der Waals surface area (Å²) in [6, 6.07) is 0. The number of nitrogens with one attached hydrogen (secondary N) is 1. The number of rotatable bonds is 9. The molecule has 7 heteroatoms. The predicted molar refractivity (Wildman–Crippen MR) is 94.3 cm³/mol. The van der Waals surface area contributed by atoms with Crippen molar-refractivity contribution in [2.24, 2.45) is 16.6 Å². The molecule has 3 N–H and O–H groups in total. The van der Waals surface area contributed by atoms with E-state index in [1.807, 2.05) is 13.2 Å². The van der Waals surface area contributed by atoms with Crippen LogP contribution in [0.5, 0.6) is 0 Å². The van der Waals surface area contributed by atoms with E-state index in [1.165, 1.54) is 0 Å². The highest BCUT2D eigenvalue weighted by molar-refractivity contribution is 7.98. The SMILES string of the molecule is C=C(C)CN=C(N)NCCCc1nnc(SC)n1CC(C)C. The van der Waals surface area contributed by atoms with Crippen LogP contribution in [0.15, 0.2) is 22.3 Å².